The van der Waals surface area contributed by atoms with Gasteiger partial charge in [0, 0.05) is 25.9 Å². The molecule has 0 radical (unpaired) electrons. The number of benzene rings is 1. The van der Waals surface area contributed by atoms with Crippen molar-refractivity contribution in [2.24, 2.45) is 5.14 Å². The zero-order valence-corrected chi connectivity index (χ0v) is 14.2. The van der Waals surface area contributed by atoms with Gasteiger partial charge in [0.1, 0.15) is 5.78 Å². The average Bonchev–Trinajstić information content (AvgIpc) is 2.49. The molecule has 0 unspecified atom stereocenters. The second-order valence-electron chi connectivity index (χ2n) is 4.46. The minimum atomic E-state index is -3.85. The Bertz CT molecular complexity index is 714. The third-order valence-corrected chi connectivity index (χ3v) is 5.91. The molecule has 1 saturated heterocycles. The largest absolute Gasteiger partial charge is 0.300 e. The van der Waals surface area contributed by atoms with Crippen molar-refractivity contribution in [3.05, 3.63) is 24.3 Å². The fraction of sp³-hybridized carbons (Fsp3) is 0.462. The number of rotatable bonds is 3. The molecule has 0 bridgehead atoms. The Morgan fingerprint density at radius 1 is 0.909 bits per heavy atom. The lowest BCUT2D eigenvalue weighted by Gasteiger charge is -2.25. The van der Waals surface area contributed by atoms with Crippen LogP contribution >= 0.6 is 0 Å². The van der Waals surface area contributed by atoms with E-state index < -0.39 is 20.0 Å². The van der Waals surface area contributed by atoms with Crippen molar-refractivity contribution in [2.45, 2.75) is 36.5 Å². The number of nitrogens with two attached hydrogens (primary N) is 1. The van der Waals surface area contributed by atoms with Crippen LogP contribution in [0.2, 0.25) is 0 Å². The summed E-state index contributed by atoms with van der Waals surface area (Å²) in [6.45, 7) is 4.30. The second-order valence-corrected chi connectivity index (χ2v) is 7.96. The number of Topliss-reactive ketones (excluding diaryl/α,β-unsaturated/α-hetero) is 1. The van der Waals surface area contributed by atoms with Crippen molar-refractivity contribution in [3.8, 4) is 0 Å². The monoisotopic (exact) mass is 348 g/mol. The normalized spacial score (nSPS) is 16.8. The highest BCUT2D eigenvalue weighted by Crippen LogP contribution is 2.20. The standard InChI is InChI=1S/C11H14N2O5S2.C2H6/c12-19(15,16)10-1-3-11(4-2-10)20(17,18)13-7-5-9(14)6-8-13;1-2/h1-4H,5-8H2,(H2,12,15,16);1-2H3. The number of hydrogen-bond acceptors (Lipinski definition) is 5. The molecular formula is C13H20N2O5S2. The summed E-state index contributed by atoms with van der Waals surface area (Å²) in [4.78, 5) is 11.0. The van der Waals surface area contributed by atoms with Crippen LogP contribution in [-0.2, 0) is 24.8 Å². The van der Waals surface area contributed by atoms with Gasteiger partial charge in [-0.15, -0.1) is 0 Å². The van der Waals surface area contributed by atoms with Crippen LogP contribution in [0.1, 0.15) is 26.7 Å². The molecular weight excluding hydrogens is 328 g/mol. The van der Waals surface area contributed by atoms with Gasteiger partial charge in [-0.2, -0.15) is 4.31 Å². The molecule has 0 saturated carbocycles. The Balaban J connectivity index is 0.00000116. The number of hydrogen-bond donors (Lipinski definition) is 1. The third-order valence-electron chi connectivity index (χ3n) is 3.07. The maximum absolute atomic E-state index is 12.3. The summed E-state index contributed by atoms with van der Waals surface area (Å²) in [7, 11) is -7.55. The first-order valence-electron chi connectivity index (χ1n) is 6.86. The molecule has 7 nitrogen and oxygen atoms in total. The number of carbonyl (C=O) groups is 1. The van der Waals surface area contributed by atoms with E-state index in [0.717, 1.165) is 12.1 Å². The lowest BCUT2D eigenvalue weighted by Crippen LogP contribution is -2.38. The molecule has 1 fully saturated rings. The number of carbonyl (C=O) groups excluding carboxylic acids is 1. The van der Waals surface area contributed by atoms with Crippen LogP contribution in [0, 0.1) is 0 Å². The van der Waals surface area contributed by atoms with E-state index in [1.165, 1.54) is 16.4 Å². The smallest absolute Gasteiger partial charge is 0.243 e. The van der Waals surface area contributed by atoms with Crippen LogP contribution in [0.25, 0.3) is 0 Å². The van der Waals surface area contributed by atoms with E-state index in [1.807, 2.05) is 13.8 Å². The fourth-order valence-electron chi connectivity index (χ4n) is 1.93. The van der Waals surface area contributed by atoms with Gasteiger partial charge < -0.3 is 0 Å². The van der Waals surface area contributed by atoms with Crippen molar-refractivity contribution in [1.82, 2.24) is 4.31 Å². The molecule has 124 valence electrons. The van der Waals surface area contributed by atoms with Crippen LogP contribution < -0.4 is 5.14 Å². The molecule has 1 heterocycles. The molecule has 1 aromatic rings. The molecule has 1 aliphatic rings. The Kier molecular flexibility index (Phi) is 6.24. The Morgan fingerprint density at radius 3 is 1.73 bits per heavy atom. The summed E-state index contributed by atoms with van der Waals surface area (Å²) in [5, 5.41) is 4.95. The summed E-state index contributed by atoms with van der Waals surface area (Å²) in [5.41, 5.74) is 0. The number of ketones is 1. The SMILES string of the molecule is CC.NS(=O)(=O)c1ccc(S(=O)(=O)N2CCC(=O)CC2)cc1. The average molecular weight is 348 g/mol. The predicted molar refractivity (Wildman–Crippen MR) is 82.2 cm³/mol. The summed E-state index contributed by atoms with van der Waals surface area (Å²) >= 11 is 0. The minimum Gasteiger partial charge on any atom is -0.300 e. The number of sulfonamides is 2. The van der Waals surface area contributed by atoms with Gasteiger partial charge in [0.15, 0.2) is 0 Å². The lowest BCUT2D eigenvalue weighted by molar-refractivity contribution is -0.120. The van der Waals surface area contributed by atoms with E-state index in [2.05, 4.69) is 0 Å². The highest BCUT2D eigenvalue weighted by Gasteiger charge is 2.28. The zero-order valence-electron chi connectivity index (χ0n) is 12.5. The van der Waals surface area contributed by atoms with E-state index in [9.17, 15) is 21.6 Å². The van der Waals surface area contributed by atoms with Crippen LogP contribution in [-0.4, -0.2) is 40.0 Å². The van der Waals surface area contributed by atoms with Crippen LogP contribution in [0.3, 0.4) is 0 Å². The molecule has 2 rings (SSSR count). The quantitative estimate of drug-likeness (QED) is 0.864. The Labute approximate surface area is 131 Å². The van der Waals surface area contributed by atoms with E-state index in [0.29, 0.717) is 0 Å². The highest BCUT2D eigenvalue weighted by molar-refractivity contribution is 7.89. The van der Waals surface area contributed by atoms with Gasteiger partial charge in [0.2, 0.25) is 20.0 Å². The molecule has 0 aliphatic carbocycles. The van der Waals surface area contributed by atoms with Gasteiger partial charge in [-0.25, -0.2) is 22.0 Å². The second kappa shape index (κ2) is 7.32. The highest BCUT2D eigenvalue weighted by atomic mass is 32.2. The number of nitrogens with zero attached hydrogens (tertiary/aromatic N) is 1. The van der Waals surface area contributed by atoms with Crippen LogP contribution in [0.4, 0.5) is 0 Å². The van der Waals surface area contributed by atoms with Gasteiger partial charge in [-0.05, 0) is 24.3 Å². The predicted octanol–water partition coefficient (Wildman–Crippen LogP) is 0.714. The maximum atomic E-state index is 12.3. The van der Waals surface area contributed by atoms with Gasteiger partial charge in [-0.1, -0.05) is 13.8 Å². The molecule has 0 atom stereocenters. The first kappa shape index (κ1) is 18.8. The molecule has 0 aromatic heterocycles. The summed E-state index contributed by atoms with van der Waals surface area (Å²) < 4.78 is 48.0. The van der Waals surface area contributed by atoms with Crippen molar-refractivity contribution < 1.29 is 21.6 Å². The van der Waals surface area contributed by atoms with Gasteiger partial charge in [0.25, 0.3) is 0 Å². The van der Waals surface area contributed by atoms with Crippen LogP contribution in [0.15, 0.2) is 34.1 Å². The molecule has 9 heteroatoms. The van der Waals surface area contributed by atoms with E-state index in [4.69, 9.17) is 5.14 Å². The van der Waals surface area contributed by atoms with Gasteiger partial charge in [0.05, 0.1) is 9.79 Å². The van der Waals surface area contributed by atoms with E-state index in [-0.39, 0.29) is 41.5 Å². The van der Waals surface area contributed by atoms with E-state index >= 15 is 0 Å². The van der Waals surface area contributed by atoms with Crippen molar-refractivity contribution >= 4 is 25.8 Å². The fourth-order valence-corrected chi connectivity index (χ4v) is 3.88. The van der Waals surface area contributed by atoms with Crippen molar-refractivity contribution in [2.75, 3.05) is 13.1 Å². The molecule has 1 aromatic carbocycles. The summed E-state index contributed by atoms with van der Waals surface area (Å²) in [5.74, 6) is 0.0426. The molecule has 0 amide bonds. The number of primary sulfonamides is 1. The van der Waals surface area contributed by atoms with Gasteiger partial charge in [-0.3, -0.25) is 4.79 Å². The molecule has 22 heavy (non-hydrogen) atoms. The maximum Gasteiger partial charge on any atom is 0.243 e. The zero-order chi connectivity index (χ0) is 17.0. The van der Waals surface area contributed by atoms with Crippen molar-refractivity contribution in [1.29, 1.82) is 0 Å². The number of piperidine rings is 1. The van der Waals surface area contributed by atoms with Gasteiger partial charge >= 0.3 is 0 Å². The molecule has 1 aliphatic heterocycles. The summed E-state index contributed by atoms with van der Waals surface area (Å²) in [6, 6.07) is 4.70. The van der Waals surface area contributed by atoms with Crippen LogP contribution in [0.5, 0.6) is 0 Å². The first-order chi connectivity index (χ1) is 10.2. The Hall–Kier alpha value is -1.29. The van der Waals surface area contributed by atoms with Crippen molar-refractivity contribution in [3.63, 3.8) is 0 Å². The lowest BCUT2D eigenvalue weighted by atomic mass is 10.1. The Morgan fingerprint density at radius 2 is 1.32 bits per heavy atom. The third kappa shape index (κ3) is 4.35. The minimum absolute atomic E-state index is 0.0146. The van der Waals surface area contributed by atoms with E-state index in [1.54, 1.807) is 0 Å². The molecule has 2 N–H and O–H groups in total. The topological polar surface area (TPSA) is 115 Å². The molecule has 0 spiro atoms. The summed E-state index contributed by atoms with van der Waals surface area (Å²) in [6.07, 6.45) is 0.406. The first-order valence-corrected chi connectivity index (χ1v) is 9.84.